The Hall–Kier alpha value is -2.02. The van der Waals surface area contributed by atoms with Crippen LogP contribution in [0.2, 0.25) is 0 Å². The highest BCUT2D eigenvalue weighted by molar-refractivity contribution is 7.98. The summed E-state index contributed by atoms with van der Waals surface area (Å²) in [5, 5.41) is 4.07. The maximum Gasteiger partial charge on any atom is 0.341 e. The number of aromatic nitrogens is 2. The number of hydrogen-bond acceptors (Lipinski definition) is 5. The van der Waals surface area contributed by atoms with E-state index in [0.29, 0.717) is 17.9 Å². The first kappa shape index (κ1) is 15.4. The van der Waals surface area contributed by atoms with Crippen LogP contribution in [0.5, 0.6) is 0 Å². The van der Waals surface area contributed by atoms with Crippen LogP contribution in [0.15, 0.2) is 29.3 Å². The minimum atomic E-state index is -0.448. The number of nitrogen functional groups attached to an aromatic ring is 1. The summed E-state index contributed by atoms with van der Waals surface area (Å²) >= 11 is 1.40. The Morgan fingerprint density at radius 2 is 2.29 bits per heavy atom. The molecular formula is C14H16FN3O2S. The third-order valence-electron chi connectivity index (χ3n) is 2.90. The van der Waals surface area contributed by atoms with E-state index in [2.05, 4.69) is 5.10 Å². The van der Waals surface area contributed by atoms with E-state index < -0.39 is 11.8 Å². The van der Waals surface area contributed by atoms with Gasteiger partial charge in [-0.15, -0.1) is 11.8 Å². The van der Waals surface area contributed by atoms with E-state index in [4.69, 9.17) is 10.5 Å². The maximum absolute atomic E-state index is 13.4. The van der Waals surface area contributed by atoms with Crippen molar-refractivity contribution >= 4 is 23.4 Å². The van der Waals surface area contributed by atoms with Crippen molar-refractivity contribution in [1.82, 2.24) is 9.78 Å². The smallest absolute Gasteiger partial charge is 0.341 e. The lowest BCUT2D eigenvalue weighted by Gasteiger charge is -2.07. The Bertz CT molecular complexity index is 658. The summed E-state index contributed by atoms with van der Waals surface area (Å²) in [5.41, 5.74) is 6.72. The van der Waals surface area contributed by atoms with Gasteiger partial charge in [0, 0.05) is 17.7 Å². The number of rotatable bonds is 5. The van der Waals surface area contributed by atoms with Crippen LogP contribution in [-0.4, -0.2) is 22.4 Å². The largest absolute Gasteiger partial charge is 0.462 e. The molecule has 0 spiro atoms. The minimum Gasteiger partial charge on any atom is -0.462 e. The molecule has 0 saturated heterocycles. The van der Waals surface area contributed by atoms with Crippen LogP contribution in [0, 0.1) is 5.82 Å². The van der Waals surface area contributed by atoms with Gasteiger partial charge < -0.3 is 10.5 Å². The van der Waals surface area contributed by atoms with Crippen LogP contribution in [0.25, 0.3) is 0 Å². The number of thioether (sulfide) groups is 1. The summed E-state index contributed by atoms with van der Waals surface area (Å²) < 4.78 is 20.0. The van der Waals surface area contributed by atoms with Gasteiger partial charge >= 0.3 is 5.97 Å². The standard InChI is InChI=1S/C14H16FN3O2S/c1-3-20-14(19)10-7-17-18(2)13(10)8-21-9-4-5-12(16)11(15)6-9/h4-7H,3,8,16H2,1-2H3. The molecule has 1 aromatic carbocycles. The Balaban J connectivity index is 2.14. The van der Waals surface area contributed by atoms with Gasteiger partial charge in [-0.3, -0.25) is 4.68 Å². The van der Waals surface area contributed by atoms with E-state index in [1.54, 1.807) is 24.7 Å². The second kappa shape index (κ2) is 6.62. The van der Waals surface area contributed by atoms with Crippen LogP contribution < -0.4 is 5.73 Å². The molecule has 1 aromatic heterocycles. The number of nitrogens with two attached hydrogens (primary N) is 1. The van der Waals surface area contributed by atoms with Gasteiger partial charge in [-0.05, 0) is 25.1 Å². The Morgan fingerprint density at radius 3 is 2.95 bits per heavy atom. The van der Waals surface area contributed by atoms with Gasteiger partial charge in [0.25, 0.3) is 0 Å². The number of ether oxygens (including phenoxy) is 1. The molecule has 21 heavy (non-hydrogen) atoms. The third kappa shape index (κ3) is 3.55. The quantitative estimate of drug-likeness (QED) is 0.522. The molecule has 0 fully saturated rings. The first-order valence-corrected chi connectivity index (χ1v) is 7.37. The fraction of sp³-hybridized carbons (Fsp3) is 0.286. The molecule has 0 aliphatic rings. The molecule has 2 aromatic rings. The highest BCUT2D eigenvalue weighted by atomic mass is 32.2. The number of esters is 1. The van der Waals surface area contributed by atoms with Gasteiger partial charge in [-0.1, -0.05) is 0 Å². The van der Waals surface area contributed by atoms with Crippen molar-refractivity contribution in [2.45, 2.75) is 17.6 Å². The molecule has 0 saturated carbocycles. The minimum absolute atomic E-state index is 0.118. The predicted octanol–water partition coefficient (Wildman–Crippen LogP) is 2.61. The normalized spacial score (nSPS) is 10.6. The summed E-state index contributed by atoms with van der Waals surface area (Å²) in [7, 11) is 1.75. The van der Waals surface area contributed by atoms with Crippen molar-refractivity contribution < 1.29 is 13.9 Å². The molecule has 1 heterocycles. The zero-order valence-corrected chi connectivity index (χ0v) is 12.6. The zero-order valence-electron chi connectivity index (χ0n) is 11.8. The Morgan fingerprint density at radius 1 is 1.52 bits per heavy atom. The summed E-state index contributed by atoms with van der Waals surface area (Å²) in [5.74, 6) is -0.367. The highest BCUT2D eigenvalue weighted by Gasteiger charge is 2.17. The SMILES string of the molecule is CCOC(=O)c1cnn(C)c1CSc1ccc(N)c(F)c1. The van der Waals surface area contributed by atoms with Crippen molar-refractivity contribution in [1.29, 1.82) is 0 Å². The predicted molar refractivity (Wildman–Crippen MR) is 79.5 cm³/mol. The van der Waals surface area contributed by atoms with Gasteiger partial charge in [0.15, 0.2) is 0 Å². The van der Waals surface area contributed by atoms with E-state index >= 15 is 0 Å². The number of halogens is 1. The molecule has 0 unspecified atom stereocenters. The molecule has 0 aliphatic heterocycles. The van der Waals surface area contributed by atoms with Gasteiger partial charge in [0.1, 0.15) is 11.4 Å². The Kier molecular flexibility index (Phi) is 4.85. The summed E-state index contributed by atoms with van der Waals surface area (Å²) in [4.78, 5) is 12.6. The molecule has 2 N–H and O–H groups in total. The van der Waals surface area contributed by atoms with Crippen molar-refractivity contribution in [3.63, 3.8) is 0 Å². The molecule has 0 amide bonds. The van der Waals surface area contributed by atoms with E-state index in [1.807, 2.05) is 0 Å². The van der Waals surface area contributed by atoms with Crippen LogP contribution in [0.1, 0.15) is 23.0 Å². The number of hydrogen-bond donors (Lipinski definition) is 1. The molecule has 7 heteroatoms. The molecular weight excluding hydrogens is 293 g/mol. The van der Waals surface area contributed by atoms with E-state index in [9.17, 15) is 9.18 Å². The average molecular weight is 309 g/mol. The third-order valence-corrected chi connectivity index (χ3v) is 3.91. The lowest BCUT2D eigenvalue weighted by Crippen LogP contribution is -2.08. The van der Waals surface area contributed by atoms with E-state index in [1.165, 1.54) is 30.1 Å². The second-order valence-corrected chi connectivity index (χ2v) is 5.37. The summed E-state index contributed by atoms with van der Waals surface area (Å²) in [6.45, 7) is 2.06. The maximum atomic E-state index is 13.4. The van der Waals surface area contributed by atoms with Crippen molar-refractivity contribution in [2.24, 2.45) is 7.05 Å². The van der Waals surface area contributed by atoms with Crippen LogP contribution in [-0.2, 0) is 17.5 Å². The first-order valence-electron chi connectivity index (χ1n) is 6.38. The lowest BCUT2D eigenvalue weighted by atomic mass is 10.3. The van der Waals surface area contributed by atoms with Crippen molar-refractivity contribution in [2.75, 3.05) is 12.3 Å². The monoisotopic (exact) mass is 309 g/mol. The van der Waals surface area contributed by atoms with Gasteiger partial charge in [-0.25, -0.2) is 9.18 Å². The van der Waals surface area contributed by atoms with E-state index in [-0.39, 0.29) is 5.69 Å². The number of nitrogens with zero attached hydrogens (tertiary/aromatic N) is 2. The number of benzene rings is 1. The second-order valence-electron chi connectivity index (χ2n) is 4.32. The fourth-order valence-electron chi connectivity index (χ4n) is 1.76. The van der Waals surface area contributed by atoms with Crippen LogP contribution in [0.4, 0.5) is 10.1 Å². The first-order chi connectivity index (χ1) is 10.0. The highest BCUT2D eigenvalue weighted by Crippen LogP contribution is 2.26. The molecule has 2 rings (SSSR count). The zero-order chi connectivity index (χ0) is 15.4. The summed E-state index contributed by atoms with van der Waals surface area (Å²) in [6, 6.07) is 4.64. The van der Waals surface area contributed by atoms with Gasteiger partial charge in [0.2, 0.25) is 0 Å². The number of carbonyl (C=O) groups is 1. The average Bonchev–Trinajstić information content (AvgIpc) is 2.82. The molecule has 0 atom stereocenters. The van der Waals surface area contributed by atoms with Gasteiger partial charge in [-0.2, -0.15) is 5.10 Å². The molecule has 5 nitrogen and oxygen atoms in total. The fourth-order valence-corrected chi connectivity index (χ4v) is 2.76. The van der Waals surface area contributed by atoms with Crippen molar-refractivity contribution in [3.8, 4) is 0 Å². The number of anilines is 1. The Labute approximate surface area is 126 Å². The molecule has 0 radical (unpaired) electrons. The molecule has 0 bridgehead atoms. The number of aryl methyl sites for hydroxylation is 1. The van der Waals surface area contributed by atoms with Crippen molar-refractivity contribution in [3.05, 3.63) is 41.5 Å². The lowest BCUT2D eigenvalue weighted by molar-refractivity contribution is 0.0525. The van der Waals surface area contributed by atoms with Crippen LogP contribution >= 0.6 is 11.8 Å². The summed E-state index contributed by atoms with van der Waals surface area (Å²) in [6.07, 6.45) is 1.48. The topological polar surface area (TPSA) is 70.1 Å². The molecule has 112 valence electrons. The molecule has 0 aliphatic carbocycles. The number of carbonyl (C=O) groups excluding carboxylic acids is 1. The van der Waals surface area contributed by atoms with Crippen LogP contribution in [0.3, 0.4) is 0 Å². The van der Waals surface area contributed by atoms with E-state index in [0.717, 1.165) is 10.6 Å². The van der Waals surface area contributed by atoms with Gasteiger partial charge in [0.05, 0.1) is 24.2 Å².